The van der Waals surface area contributed by atoms with Crippen LogP contribution in [0.15, 0.2) is 42.5 Å². The first-order valence-electron chi connectivity index (χ1n) is 7.32. The van der Waals surface area contributed by atoms with Crippen LogP contribution >= 0.6 is 0 Å². The average molecular weight is 289 g/mol. The molecular weight excluding hydrogens is 268 g/mol. The molecule has 0 fully saturated rings. The van der Waals surface area contributed by atoms with Gasteiger partial charge in [0, 0.05) is 6.04 Å². The molecule has 2 rings (SSSR count). The largest absolute Gasteiger partial charge is 0.314 e. The van der Waals surface area contributed by atoms with E-state index in [1.807, 2.05) is 19.1 Å². The van der Waals surface area contributed by atoms with Crippen LogP contribution in [0.1, 0.15) is 23.6 Å². The van der Waals surface area contributed by atoms with E-state index >= 15 is 0 Å². The molecule has 0 saturated carbocycles. The van der Waals surface area contributed by atoms with Gasteiger partial charge in [0.15, 0.2) is 11.6 Å². The lowest BCUT2D eigenvalue weighted by molar-refractivity contribution is 0.473. The van der Waals surface area contributed by atoms with Gasteiger partial charge in [-0.25, -0.2) is 8.78 Å². The lowest BCUT2D eigenvalue weighted by atomic mass is 9.96. The standard InChI is InChI=1S/C18H21F2N/c1-3-21-16(11-14-8-5-4-7-13(14)2)12-15-9-6-10-17(19)18(15)20/h4-10,16,21H,3,11-12H2,1-2H3. The molecule has 0 aliphatic heterocycles. The molecule has 0 saturated heterocycles. The third kappa shape index (κ3) is 4.11. The fourth-order valence-corrected chi connectivity index (χ4v) is 2.58. The molecule has 112 valence electrons. The quantitative estimate of drug-likeness (QED) is 0.846. The molecule has 0 bridgehead atoms. The summed E-state index contributed by atoms with van der Waals surface area (Å²) < 4.78 is 27.1. The third-order valence-electron chi connectivity index (χ3n) is 3.72. The Morgan fingerprint density at radius 2 is 1.62 bits per heavy atom. The molecule has 2 aromatic carbocycles. The van der Waals surface area contributed by atoms with Gasteiger partial charge in [0.05, 0.1) is 0 Å². The molecule has 1 N–H and O–H groups in total. The summed E-state index contributed by atoms with van der Waals surface area (Å²) in [4.78, 5) is 0. The van der Waals surface area contributed by atoms with Gasteiger partial charge < -0.3 is 5.32 Å². The Bertz CT molecular complexity index is 596. The van der Waals surface area contributed by atoms with Crippen LogP contribution in [0.25, 0.3) is 0 Å². The molecule has 21 heavy (non-hydrogen) atoms. The summed E-state index contributed by atoms with van der Waals surface area (Å²) in [6.45, 7) is 4.89. The highest BCUT2D eigenvalue weighted by Gasteiger charge is 2.15. The number of nitrogens with one attached hydrogen (secondary N) is 1. The molecule has 1 unspecified atom stereocenters. The molecule has 0 aromatic heterocycles. The summed E-state index contributed by atoms with van der Waals surface area (Å²) in [6.07, 6.45) is 1.28. The number of aryl methyl sites for hydroxylation is 1. The Kier molecular flexibility index (Phi) is 5.45. The van der Waals surface area contributed by atoms with E-state index in [1.54, 1.807) is 12.1 Å². The Labute approximate surface area is 125 Å². The van der Waals surface area contributed by atoms with Crippen LogP contribution in [0, 0.1) is 18.6 Å². The Balaban J connectivity index is 2.16. The second-order valence-corrected chi connectivity index (χ2v) is 5.30. The molecule has 1 atom stereocenters. The van der Waals surface area contributed by atoms with Crippen molar-refractivity contribution >= 4 is 0 Å². The van der Waals surface area contributed by atoms with E-state index in [4.69, 9.17) is 0 Å². The van der Waals surface area contributed by atoms with Gasteiger partial charge in [-0.1, -0.05) is 43.3 Å². The van der Waals surface area contributed by atoms with Crippen LogP contribution in [0.2, 0.25) is 0 Å². The second-order valence-electron chi connectivity index (χ2n) is 5.30. The number of likely N-dealkylation sites (N-methyl/N-ethyl adjacent to an activating group) is 1. The van der Waals surface area contributed by atoms with Crippen molar-refractivity contribution in [2.24, 2.45) is 0 Å². The minimum absolute atomic E-state index is 0.0902. The summed E-state index contributed by atoms with van der Waals surface area (Å²) in [6, 6.07) is 12.6. The maximum Gasteiger partial charge on any atom is 0.162 e. The Hall–Kier alpha value is -1.74. The molecule has 0 radical (unpaired) electrons. The van der Waals surface area contributed by atoms with Crippen LogP contribution in [0.5, 0.6) is 0 Å². The van der Waals surface area contributed by atoms with Gasteiger partial charge in [0.2, 0.25) is 0 Å². The van der Waals surface area contributed by atoms with Crippen molar-refractivity contribution in [2.75, 3.05) is 6.54 Å². The highest BCUT2D eigenvalue weighted by atomic mass is 19.2. The van der Waals surface area contributed by atoms with E-state index in [0.29, 0.717) is 12.0 Å². The van der Waals surface area contributed by atoms with Crippen LogP contribution in [-0.2, 0) is 12.8 Å². The summed E-state index contributed by atoms with van der Waals surface area (Å²) in [5.74, 6) is -1.51. The highest BCUT2D eigenvalue weighted by Crippen LogP contribution is 2.16. The van der Waals surface area contributed by atoms with Crippen LogP contribution in [0.4, 0.5) is 8.78 Å². The van der Waals surface area contributed by atoms with Crippen LogP contribution in [-0.4, -0.2) is 12.6 Å². The predicted molar refractivity (Wildman–Crippen MR) is 82.4 cm³/mol. The minimum atomic E-state index is -0.779. The number of rotatable bonds is 6. The zero-order valence-electron chi connectivity index (χ0n) is 12.5. The average Bonchev–Trinajstić information content (AvgIpc) is 2.46. The molecule has 0 aliphatic rings. The molecule has 0 spiro atoms. The van der Waals surface area contributed by atoms with E-state index in [2.05, 4.69) is 24.4 Å². The fraction of sp³-hybridized carbons (Fsp3) is 0.333. The Morgan fingerprint density at radius 3 is 2.33 bits per heavy atom. The number of benzene rings is 2. The lowest BCUT2D eigenvalue weighted by Crippen LogP contribution is -2.33. The van der Waals surface area contributed by atoms with Crippen molar-refractivity contribution in [3.05, 3.63) is 70.8 Å². The molecule has 1 nitrogen and oxygen atoms in total. The van der Waals surface area contributed by atoms with E-state index < -0.39 is 11.6 Å². The normalized spacial score (nSPS) is 12.4. The zero-order chi connectivity index (χ0) is 15.2. The third-order valence-corrected chi connectivity index (χ3v) is 3.72. The highest BCUT2D eigenvalue weighted by molar-refractivity contribution is 5.27. The van der Waals surface area contributed by atoms with Crippen LogP contribution in [0.3, 0.4) is 0 Å². The monoisotopic (exact) mass is 289 g/mol. The number of hydrogen-bond acceptors (Lipinski definition) is 1. The van der Waals surface area contributed by atoms with Gasteiger partial charge in [-0.05, 0) is 49.1 Å². The van der Waals surface area contributed by atoms with E-state index in [1.165, 1.54) is 11.1 Å². The van der Waals surface area contributed by atoms with Gasteiger partial charge in [-0.15, -0.1) is 0 Å². The lowest BCUT2D eigenvalue weighted by Gasteiger charge is -2.19. The fourth-order valence-electron chi connectivity index (χ4n) is 2.58. The maximum absolute atomic E-state index is 13.8. The van der Waals surface area contributed by atoms with Gasteiger partial charge in [0.1, 0.15) is 0 Å². The van der Waals surface area contributed by atoms with E-state index in [-0.39, 0.29) is 6.04 Å². The first kappa shape index (κ1) is 15.6. The minimum Gasteiger partial charge on any atom is -0.314 e. The van der Waals surface area contributed by atoms with Crippen molar-refractivity contribution in [1.82, 2.24) is 5.32 Å². The van der Waals surface area contributed by atoms with E-state index in [9.17, 15) is 8.78 Å². The van der Waals surface area contributed by atoms with Gasteiger partial charge in [0.25, 0.3) is 0 Å². The summed E-state index contributed by atoms with van der Waals surface area (Å²) in [7, 11) is 0. The molecule has 0 aliphatic carbocycles. The summed E-state index contributed by atoms with van der Waals surface area (Å²) in [5.41, 5.74) is 2.88. The number of halogens is 2. The smallest absolute Gasteiger partial charge is 0.162 e. The predicted octanol–water partition coefficient (Wildman–Crippen LogP) is 4.04. The van der Waals surface area contributed by atoms with Crippen molar-refractivity contribution < 1.29 is 8.78 Å². The second kappa shape index (κ2) is 7.32. The van der Waals surface area contributed by atoms with Gasteiger partial charge >= 0.3 is 0 Å². The molecular formula is C18H21F2N. The molecule has 0 amide bonds. The topological polar surface area (TPSA) is 12.0 Å². The first-order chi connectivity index (χ1) is 10.1. The first-order valence-corrected chi connectivity index (χ1v) is 7.32. The maximum atomic E-state index is 13.8. The van der Waals surface area contributed by atoms with Crippen molar-refractivity contribution in [3.8, 4) is 0 Å². The van der Waals surface area contributed by atoms with Crippen molar-refractivity contribution in [1.29, 1.82) is 0 Å². The zero-order valence-corrected chi connectivity index (χ0v) is 12.5. The molecule has 0 heterocycles. The van der Waals surface area contributed by atoms with Crippen LogP contribution < -0.4 is 5.32 Å². The Morgan fingerprint density at radius 1 is 0.952 bits per heavy atom. The van der Waals surface area contributed by atoms with Gasteiger partial charge in [-0.2, -0.15) is 0 Å². The van der Waals surface area contributed by atoms with E-state index in [0.717, 1.165) is 19.0 Å². The summed E-state index contributed by atoms with van der Waals surface area (Å²) >= 11 is 0. The summed E-state index contributed by atoms with van der Waals surface area (Å²) in [5, 5.41) is 3.36. The number of hydrogen-bond donors (Lipinski definition) is 1. The van der Waals surface area contributed by atoms with Gasteiger partial charge in [-0.3, -0.25) is 0 Å². The SMILES string of the molecule is CCNC(Cc1ccccc1C)Cc1cccc(F)c1F. The molecule has 2 aromatic rings. The van der Waals surface area contributed by atoms with Crippen molar-refractivity contribution in [2.45, 2.75) is 32.7 Å². The molecule has 3 heteroatoms. The van der Waals surface area contributed by atoms with Crippen molar-refractivity contribution in [3.63, 3.8) is 0 Å².